The van der Waals surface area contributed by atoms with Gasteiger partial charge in [0.05, 0.1) is 0 Å². The largest absolute Gasteiger partial charge is 0.481 e. The second kappa shape index (κ2) is 4.52. The van der Waals surface area contributed by atoms with Crippen LogP contribution in [0.4, 0.5) is 0 Å². The molecule has 1 heterocycles. The Labute approximate surface area is 91.5 Å². The Hall–Kier alpha value is -0.570. The second-order valence-electron chi connectivity index (χ2n) is 5.06. The van der Waals surface area contributed by atoms with Crippen molar-refractivity contribution in [3.05, 3.63) is 0 Å². The molecular weight excluding hydrogens is 190 g/mol. The second-order valence-corrected chi connectivity index (χ2v) is 5.06. The molecule has 2 bridgehead atoms. The molecule has 1 saturated carbocycles. The Balaban J connectivity index is 2.03. The number of carboxylic acid groups (broad SMARTS) is 1. The zero-order valence-electron chi connectivity index (χ0n) is 9.48. The number of likely N-dealkylation sites (tertiary alicyclic amines) is 1. The summed E-state index contributed by atoms with van der Waals surface area (Å²) in [4.78, 5) is 13.3. The van der Waals surface area contributed by atoms with Gasteiger partial charge < -0.3 is 10.0 Å². The Bertz CT molecular complexity index is 228. The van der Waals surface area contributed by atoms with Crippen LogP contribution in [0.25, 0.3) is 0 Å². The van der Waals surface area contributed by atoms with Crippen LogP contribution in [0.15, 0.2) is 0 Å². The summed E-state index contributed by atoms with van der Waals surface area (Å²) in [6.45, 7) is 5.58. The van der Waals surface area contributed by atoms with Crippen LogP contribution in [0.2, 0.25) is 0 Å². The van der Waals surface area contributed by atoms with E-state index in [-0.39, 0.29) is 0 Å². The van der Waals surface area contributed by atoms with Gasteiger partial charge in [-0.25, -0.2) is 0 Å². The lowest BCUT2D eigenvalue weighted by Gasteiger charge is -2.46. The van der Waals surface area contributed by atoms with Crippen molar-refractivity contribution in [3.8, 4) is 0 Å². The first-order valence-corrected chi connectivity index (χ1v) is 6.14. The minimum Gasteiger partial charge on any atom is -0.481 e. The van der Waals surface area contributed by atoms with Gasteiger partial charge in [-0.3, -0.25) is 4.79 Å². The normalized spacial score (nSPS) is 36.5. The predicted octanol–water partition coefficient (Wildman–Crippen LogP) is 1.83. The molecule has 0 aromatic carbocycles. The van der Waals surface area contributed by atoms with Crippen molar-refractivity contribution in [2.45, 2.75) is 32.6 Å². The van der Waals surface area contributed by atoms with Crippen molar-refractivity contribution >= 4 is 5.97 Å². The van der Waals surface area contributed by atoms with Crippen LogP contribution in [0.5, 0.6) is 0 Å². The fraction of sp³-hybridized carbons (Fsp3) is 0.917. The quantitative estimate of drug-likeness (QED) is 0.774. The van der Waals surface area contributed by atoms with Crippen molar-refractivity contribution in [2.24, 2.45) is 17.8 Å². The first-order chi connectivity index (χ1) is 7.20. The molecule has 0 aromatic rings. The van der Waals surface area contributed by atoms with E-state index < -0.39 is 5.97 Å². The molecule has 2 aliphatic rings. The van der Waals surface area contributed by atoms with Gasteiger partial charge in [-0.15, -0.1) is 0 Å². The molecule has 1 aliphatic carbocycles. The van der Waals surface area contributed by atoms with E-state index >= 15 is 0 Å². The number of fused-ring (bicyclic) bond motifs is 2. The Morgan fingerprint density at radius 3 is 2.40 bits per heavy atom. The first-order valence-electron chi connectivity index (χ1n) is 6.14. The van der Waals surface area contributed by atoms with E-state index in [1.807, 2.05) is 0 Å². The average Bonchev–Trinajstić information content (AvgIpc) is 2.16. The number of nitrogens with zero attached hydrogens (tertiary/aromatic N) is 1. The van der Waals surface area contributed by atoms with Crippen LogP contribution in [0.3, 0.4) is 0 Å². The summed E-state index contributed by atoms with van der Waals surface area (Å²) in [7, 11) is 0. The van der Waals surface area contributed by atoms with Crippen LogP contribution < -0.4 is 0 Å². The first kappa shape index (κ1) is 10.9. The lowest BCUT2D eigenvalue weighted by atomic mass is 9.67. The molecule has 1 saturated heterocycles. The maximum atomic E-state index is 10.8. The SMILES string of the molecule is CCN1CC2CCCC(C1)C2CC(=O)O. The minimum absolute atomic E-state index is 0.396. The van der Waals surface area contributed by atoms with Crippen molar-refractivity contribution in [1.82, 2.24) is 4.90 Å². The highest BCUT2D eigenvalue weighted by molar-refractivity contribution is 5.67. The van der Waals surface area contributed by atoms with Gasteiger partial charge in [0, 0.05) is 19.5 Å². The Morgan fingerprint density at radius 1 is 1.33 bits per heavy atom. The highest BCUT2D eigenvalue weighted by Gasteiger charge is 2.39. The van der Waals surface area contributed by atoms with Gasteiger partial charge in [0.25, 0.3) is 0 Å². The Kier molecular flexibility index (Phi) is 3.29. The highest BCUT2D eigenvalue weighted by Crippen LogP contribution is 2.41. The molecule has 2 fully saturated rings. The molecular formula is C12H21NO2. The van der Waals surface area contributed by atoms with Crippen molar-refractivity contribution < 1.29 is 9.90 Å². The van der Waals surface area contributed by atoms with E-state index in [4.69, 9.17) is 5.11 Å². The molecule has 15 heavy (non-hydrogen) atoms. The van der Waals surface area contributed by atoms with Gasteiger partial charge in [-0.05, 0) is 37.1 Å². The van der Waals surface area contributed by atoms with Crippen molar-refractivity contribution in [2.75, 3.05) is 19.6 Å². The van der Waals surface area contributed by atoms with E-state index in [2.05, 4.69) is 11.8 Å². The molecule has 3 nitrogen and oxygen atoms in total. The summed E-state index contributed by atoms with van der Waals surface area (Å²) >= 11 is 0. The fourth-order valence-corrected chi connectivity index (χ4v) is 3.44. The average molecular weight is 211 g/mol. The number of aliphatic carboxylic acids is 1. The zero-order valence-corrected chi connectivity index (χ0v) is 9.48. The molecule has 0 spiro atoms. The molecule has 2 atom stereocenters. The van der Waals surface area contributed by atoms with Crippen LogP contribution in [-0.2, 0) is 4.79 Å². The molecule has 1 aliphatic heterocycles. The van der Waals surface area contributed by atoms with Gasteiger partial charge in [-0.2, -0.15) is 0 Å². The minimum atomic E-state index is -0.609. The molecule has 86 valence electrons. The molecule has 3 heteroatoms. The van der Waals surface area contributed by atoms with E-state index in [1.54, 1.807) is 0 Å². The van der Waals surface area contributed by atoms with Crippen LogP contribution in [0.1, 0.15) is 32.6 Å². The zero-order chi connectivity index (χ0) is 10.8. The van der Waals surface area contributed by atoms with E-state index in [9.17, 15) is 4.79 Å². The molecule has 0 amide bonds. The van der Waals surface area contributed by atoms with Gasteiger partial charge in [0.1, 0.15) is 0 Å². The van der Waals surface area contributed by atoms with Gasteiger partial charge in [-0.1, -0.05) is 13.3 Å². The topological polar surface area (TPSA) is 40.5 Å². The number of carboxylic acids is 1. The molecule has 2 unspecified atom stereocenters. The van der Waals surface area contributed by atoms with Crippen LogP contribution >= 0.6 is 0 Å². The van der Waals surface area contributed by atoms with Crippen LogP contribution in [0, 0.1) is 17.8 Å². The third kappa shape index (κ3) is 2.33. The highest BCUT2D eigenvalue weighted by atomic mass is 16.4. The number of carbonyl (C=O) groups is 1. The summed E-state index contributed by atoms with van der Waals surface area (Å²) in [5, 5.41) is 8.93. The third-order valence-electron chi connectivity index (χ3n) is 4.20. The maximum Gasteiger partial charge on any atom is 0.303 e. The summed E-state index contributed by atoms with van der Waals surface area (Å²) in [5.74, 6) is 1.14. The number of hydrogen-bond acceptors (Lipinski definition) is 2. The summed E-state index contributed by atoms with van der Waals surface area (Å²) < 4.78 is 0. The van der Waals surface area contributed by atoms with E-state index in [0.717, 1.165) is 19.6 Å². The van der Waals surface area contributed by atoms with Gasteiger partial charge >= 0.3 is 5.97 Å². The number of rotatable bonds is 3. The van der Waals surface area contributed by atoms with E-state index in [1.165, 1.54) is 19.3 Å². The number of piperidine rings is 1. The molecule has 2 rings (SSSR count). The van der Waals surface area contributed by atoms with Gasteiger partial charge in [0.15, 0.2) is 0 Å². The molecule has 0 radical (unpaired) electrons. The molecule has 0 aromatic heterocycles. The lowest BCUT2D eigenvalue weighted by Crippen LogP contribution is -2.48. The fourth-order valence-electron chi connectivity index (χ4n) is 3.44. The lowest BCUT2D eigenvalue weighted by molar-refractivity contribution is -0.140. The maximum absolute atomic E-state index is 10.8. The van der Waals surface area contributed by atoms with Crippen molar-refractivity contribution in [1.29, 1.82) is 0 Å². The standard InChI is InChI=1S/C12H21NO2/c1-2-13-7-9-4-3-5-10(8-13)11(9)6-12(14)15/h9-11H,2-8H2,1H3,(H,14,15). The Morgan fingerprint density at radius 2 is 1.93 bits per heavy atom. The smallest absolute Gasteiger partial charge is 0.303 e. The monoisotopic (exact) mass is 211 g/mol. The van der Waals surface area contributed by atoms with Gasteiger partial charge in [0.2, 0.25) is 0 Å². The van der Waals surface area contributed by atoms with Crippen LogP contribution in [-0.4, -0.2) is 35.6 Å². The molecule has 1 N–H and O–H groups in total. The number of hydrogen-bond donors (Lipinski definition) is 1. The summed E-state index contributed by atoms with van der Waals surface area (Å²) in [5.41, 5.74) is 0. The summed E-state index contributed by atoms with van der Waals surface area (Å²) in [6, 6.07) is 0. The van der Waals surface area contributed by atoms with E-state index in [0.29, 0.717) is 24.2 Å². The predicted molar refractivity (Wildman–Crippen MR) is 58.7 cm³/mol. The summed E-state index contributed by atoms with van der Waals surface area (Å²) in [6.07, 6.45) is 4.19. The van der Waals surface area contributed by atoms with Crippen molar-refractivity contribution in [3.63, 3.8) is 0 Å². The third-order valence-corrected chi connectivity index (χ3v) is 4.20.